The molecule has 0 fully saturated rings. The number of allylic oxidation sites excluding steroid dienone is 16. The molecule has 0 saturated carbocycles. The zero-order valence-electron chi connectivity index (χ0n) is 50.7. The summed E-state index contributed by atoms with van der Waals surface area (Å²) in [6, 6.07) is 0. The molecule has 0 spiro atoms. The zero-order chi connectivity index (χ0) is 55.7. The third-order valence-corrected chi connectivity index (χ3v) is 14.0. The molecule has 0 aromatic carbocycles. The van der Waals surface area contributed by atoms with Crippen molar-refractivity contribution in [1.29, 1.82) is 0 Å². The van der Waals surface area contributed by atoms with Crippen LogP contribution in [-0.2, 0) is 28.6 Å². The van der Waals surface area contributed by atoms with E-state index < -0.39 is 6.10 Å². The lowest BCUT2D eigenvalue weighted by Gasteiger charge is -2.18. The van der Waals surface area contributed by atoms with Crippen LogP contribution in [0, 0.1) is 0 Å². The van der Waals surface area contributed by atoms with E-state index >= 15 is 0 Å². The van der Waals surface area contributed by atoms with Crippen LogP contribution >= 0.6 is 0 Å². The van der Waals surface area contributed by atoms with Crippen LogP contribution in [0.3, 0.4) is 0 Å². The van der Waals surface area contributed by atoms with Gasteiger partial charge in [0.15, 0.2) is 6.10 Å². The molecular weight excluding hydrogens is 949 g/mol. The predicted molar refractivity (Wildman–Crippen MR) is 334 cm³/mol. The number of carbonyl (C=O) groups excluding carboxylic acids is 3. The summed E-state index contributed by atoms with van der Waals surface area (Å²) in [4.78, 5) is 38.4. The van der Waals surface area contributed by atoms with Crippen LogP contribution in [-0.4, -0.2) is 37.2 Å². The molecule has 0 heterocycles. The SMILES string of the molecule is CC/C=C\C/C=C\C/C=C\C/C=C\C/C=C\CCCCCCCCCC(=O)OCC(COC(=O)CCCCCCC/C=C\C/C=C\CCCCC)OC(=O)CCCCCCCCCCC/C=C\CCCCCCCCCC. The highest BCUT2D eigenvalue weighted by molar-refractivity contribution is 5.71. The van der Waals surface area contributed by atoms with Gasteiger partial charge in [-0.2, -0.15) is 0 Å². The van der Waals surface area contributed by atoms with E-state index in [0.717, 1.165) is 122 Å². The van der Waals surface area contributed by atoms with Gasteiger partial charge in [0.25, 0.3) is 0 Å². The number of hydrogen-bond donors (Lipinski definition) is 0. The van der Waals surface area contributed by atoms with Gasteiger partial charge in [0.05, 0.1) is 0 Å². The standard InChI is InChI=1S/C71H122O6/c1-4-7-10-13-16-19-22-25-28-30-32-34-35-37-38-40-43-46-49-52-55-58-61-64-70(73)76-67-68(66-75-69(72)63-60-57-54-51-48-45-42-27-24-21-18-15-12-9-6-3)77-71(74)65-62-59-56-53-50-47-44-41-39-36-33-31-29-26-23-20-17-14-11-8-5-2/h7,10,16,18-19,21,25,27-28,31-34,37-38,42,68H,4-6,8-9,11-15,17,20,22-24,26,29-30,35-36,39-41,43-67H2,1-3H3/b10-7-,19-16-,21-18-,28-25-,33-31-,34-32-,38-37-,42-27-. The summed E-state index contributed by atoms with van der Waals surface area (Å²) in [5, 5.41) is 0. The average Bonchev–Trinajstić information content (AvgIpc) is 3.43. The van der Waals surface area contributed by atoms with Crippen molar-refractivity contribution in [3.63, 3.8) is 0 Å². The molecule has 0 radical (unpaired) electrons. The number of unbranched alkanes of at least 4 members (excludes halogenated alkanes) is 32. The summed E-state index contributed by atoms with van der Waals surface area (Å²) in [5.41, 5.74) is 0. The smallest absolute Gasteiger partial charge is 0.306 e. The molecule has 0 aliphatic heterocycles. The number of hydrogen-bond acceptors (Lipinski definition) is 6. The Morgan fingerprint density at radius 2 is 0.506 bits per heavy atom. The van der Waals surface area contributed by atoms with Crippen LogP contribution in [0.1, 0.15) is 316 Å². The summed E-state index contributed by atoms with van der Waals surface area (Å²) < 4.78 is 16.9. The molecule has 6 heteroatoms. The number of carbonyl (C=O) groups is 3. The Morgan fingerprint density at radius 1 is 0.273 bits per heavy atom. The van der Waals surface area contributed by atoms with E-state index in [1.54, 1.807) is 0 Å². The van der Waals surface area contributed by atoms with Gasteiger partial charge >= 0.3 is 17.9 Å². The molecular formula is C71H122O6. The van der Waals surface area contributed by atoms with Gasteiger partial charge in [-0.3, -0.25) is 14.4 Å². The van der Waals surface area contributed by atoms with Crippen LogP contribution in [0.15, 0.2) is 97.2 Å². The van der Waals surface area contributed by atoms with Gasteiger partial charge in [-0.1, -0.05) is 272 Å². The normalized spacial score (nSPS) is 12.7. The summed E-state index contributed by atoms with van der Waals surface area (Å²) >= 11 is 0. The Labute approximate surface area is 477 Å². The van der Waals surface area contributed by atoms with Crippen LogP contribution in [0.2, 0.25) is 0 Å². The Hall–Kier alpha value is -3.67. The quantitative estimate of drug-likeness (QED) is 0.0261. The van der Waals surface area contributed by atoms with E-state index in [1.807, 2.05) is 0 Å². The summed E-state index contributed by atoms with van der Waals surface area (Å²) in [7, 11) is 0. The average molecular weight is 1070 g/mol. The highest BCUT2D eigenvalue weighted by atomic mass is 16.6. The zero-order valence-corrected chi connectivity index (χ0v) is 50.7. The fraction of sp³-hybridized carbons (Fsp3) is 0.732. The van der Waals surface area contributed by atoms with Gasteiger partial charge in [0.2, 0.25) is 0 Å². The Morgan fingerprint density at radius 3 is 0.831 bits per heavy atom. The fourth-order valence-corrected chi connectivity index (χ4v) is 9.14. The molecule has 0 aromatic rings. The maximum absolute atomic E-state index is 12.9. The van der Waals surface area contributed by atoms with Crippen molar-refractivity contribution in [2.24, 2.45) is 0 Å². The van der Waals surface area contributed by atoms with Gasteiger partial charge in [-0.25, -0.2) is 0 Å². The molecule has 1 unspecified atom stereocenters. The molecule has 77 heavy (non-hydrogen) atoms. The van der Waals surface area contributed by atoms with E-state index in [2.05, 4.69) is 118 Å². The second-order valence-electron chi connectivity index (χ2n) is 21.6. The molecule has 0 aliphatic carbocycles. The van der Waals surface area contributed by atoms with E-state index in [1.165, 1.54) is 154 Å². The van der Waals surface area contributed by atoms with Crippen LogP contribution in [0.4, 0.5) is 0 Å². The lowest BCUT2D eigenvalue weighted by atomic mass is 10.1. The first-order valence-electron chi connectivity index (χ1n) is 32.7. The molecule has 0 amide bonds. The van der Waals surface area contributed by atoms with Crippen LogP contribution in [0.5, 0.6) is 0 Å². The summed E-state index contributed by atoms with van der Waals surface area (Å²) in [6.07, 6.45) is 86.9. The van der Waals surface area contributed by atoms with Crippen molar-refractivity contribution in [1.82, 2.24) is 0 Å². The van der Waals surface area contributed by atoms with E-state index in [9.17, 15) is 14.4 Å². The molecule has 442 valence electrons. The topological polar surface area (TPSA) is 78.9 Å². The van der Waals surface area contributed by atoms with Crippen molar-refractivity contribution in [3.05, 3.63) is 97.2 Å². The molecule has 0 aliphatic rings. The first-order chi connectivity index (χ1) is 38.0. The van der Waals surface area contributed by atoms with Crippen molar-refractivity contribution >= 4 is 17.9 Å². The van der Waals surface area contributed by atoms with Gasteiger partial charge in [-0.15, -0.1) is 0 Å². The first kappa shape index (κ1) is 73.3. The third kappa shape index (κ3) is 63.0. The second-order valence-corrected chi connectivity index (χ2v) is 21.6. The summed E-state index contributed by atoms with van der Waals surface area (Å²) in [6.45, 7) is 6.51. The van der Waals surface area contributed by atoms with Crippen LogP contribution < -0.4 is 0 Å². The van der Waals surface area contributed by atoms with Gasteiger partial charge in [0.1, 0.15) is 13.2 Å². The maximum Gasteiger partial charge on any atom is 0.306 e. The monoisotopic (exact) mass is 1070 g/mol. The largest absolute Gasteiger partial charge is 0.462 e. The Kier molecular flexibility index (Phi) is 61.8. The molecule has 0 saturated heterocycles. The van der Waals surface area contributed by atoms with E-state index in [0.29, 0.717) is 19.3 Å². The van der Waals surface area contributed by atoms with Gasteiger partial charge in [-0.05, 0) is 122 Å². The number of esters is 3. The van der Waals surface area contributed by atoms with E-state index in [4.69, 9.17) is 14.2 Å². The molecule has 6 nitrogen and oxygen atoms in total. The third-order valence-electron chi connectivity index (χ3n) is 14.0. The Balaban J connectivity index is 4.40. The second kappa shape index (κ2) is 64.9. The highest BCUT2D eigenvalue weighted by Crippen LogP contribution is 2.16. The molecule has 0 bridgehead atoms. The van der Waals surface area contributed by atoms with Crippen molar-refractivity contribution in [2.45, 2.75) is 322 Å². The summed E-state index contributed by atoms with van der Waals surface area (Å²) in [5.74, 6) is -0.903. The van der Waals surface area contributed by atoms with Gasteiger partial charge in [0, 0.05) is 19.3 Å². The lowest BCUT2D eigenvalue weighted by Crippen LogP contribution is -2.30. The number of ether oxygens (including phenoxy) is 3. The molecule has 1 atom stereocenters. The minimum absolute atomic E-state index is 0.0883. The minimum Gasteiger partial charge on any atom is -0.462 e. The maximum atomic E-state index is 12.9. The molecule has 0 rings (SSSR count). The highest BCUT2D eigenvalue weighted by Gasteiger charge is 2.19. The van der Waals surface area contributed by atoms with Crippen molar-refractivity contribution < 1.29 is 28.6 Å². The predicted octanol–water partition coefficient (Wildman–Crippen LogP) is 22.4. The minimum atomic E-state index is -0.792. The fourth-order valence-electron chi connectivity index (χ4n) is 9.14. The van der Waals surface area contributed by atoms with Crippen LogP contribution in [0.25, 0.3) is 0 Å². The van der Waals surface area contributed by atoms with Gasteiger partial charge < -0.3 is 14.2 Å². The lowest BCUT2D eigenvalue weighted by molar-refractivity contribution is -0.167. The number of rotatable bonds is 59. The van der Waals surface area contributed by atoms with E-state index in [-0.39, 0.29) is 31.1 Å². The molecule has 0 N–H and O–H groups in total. The molecule has 0 aromatic heterocycles. The first-order valence-corrected chi connectivity index (χ1v) is 32.7. The van der Waals surface area contributed by atoms with Crippen molar-refractivity contribution in [3.8, 4) is 0 Å². The van der Waals surface area contributed by atoms with Crippen molar-refractivity contribution in [2.75, 3.05) is 13.2 Å². The Bertz CT molecular complexity index is 1510.